The first-order chi connectivity index (χ1) is 13.2. The Morgan fingerprint density at radius 1 is 1.00 bits per heavy atom. The van der Waals surface area contributed by atoms with Gasteiger partial charge in [-0.3, -0.25) is 9.59 Å². The highest BCUT2D eigenvalue weighted by Gasteiger charge is 2.26. The highest BCUT2D eigenvalue weighted by Crippen LogP contribution is 2.31. The molecule has 1 aromatic heterocycles. The molecule has 0 bridgehead atoms. The van der Waals surface area contributed by atoms with Crippen LogP contribution in [0.2, 0.25) is 0 Å². The Labute approximate surface area is 171 Å². The molecule has 6 heteroatoms. The van der Waals surface area contributed by atoms with Crippen LogP contribution in [0.4, 0.5) is 10.8 Å². The first-order valence-electron chi connectivity index (χ1n) is 9.92. The first-order valence-corrected chi connectivity index (χ1v) is 10.7. The molecule has 0 aliphatic heterocycles. The van der Waals surface area contributed by atoms with Gasteiger partial charge < -0.3 is 10.6 Å². The molecule has 0 radical (unpaired) electrons. The summed E-state index contributed by atoms with van der Waals surface area (Å²) in [5, 5.41) is 6.44. The summed E-state index contributed by atoms with van der Waals surface area (Å²) in [7, 11) is 0. The maximum atomic E-state index is 12.8. The number of anilines is 2. The van der Waals surface area contributed by atoms with Gasteiger partial charge in [0.2, 0.25) is 5.91 Å². The van der Waals surface area contributed by atoms with Crippen LogP contribution < -0.4 is 10.6 Å². The molecule has 0 spiro atoms. The Morgan fingerprint density at radius 3 is 2.21 bits per heavy atom. The lowest BCUT2D eigenvalue weighted by molar-refractivity contribution is -0.121. The number of carbonyl (C=O) groups excluding carboxylic acids is 2. The summed E-state index contributed by atoms with van der Waals surface area (Å²) in [4.78, 5) is 30.3. The highest BCUT2D eigenvalue weighted by atomic mass is 32.1. The van der Waals surface area contributed by atoms with Gasteiger partial charge in [0.25, 0.3) is 5.91 Å². The number of benzene rings is 1. The van der Waals surface area contributed by atoms with Crippen molar-refractivity contribution in [1.29, 1.82) is 0 Å². The lowest BCUT2D eigenvalue weighted by atomic mass is 9.82. The first kappa shape index (κ1) is 20.5. The Bertz CT molecular complexity index is 872. The number of nitrogens with zero attached hydrogens (tertiary/aromatic N) is 1. The Hall–Kier alpha value is -2.21. The fraction of sp³-hybridized carbons (Fsp3) is 0.500. The third-order valence-corrected chi connectivity index (χ3v) is 6.61. The molecule has 2 amide bonds. The van der Waals surface area contributed by atoms with Crippen molar-refractivity contribution in [2.45, 2.75) is 60.3 Å². The molecule has 0 atom stereocenters. The molecule has 1 aromatic carbocycles. The molecule has 150 valence electrons. The molecule has 2 aromatic rings. The number of aryl methyl sites for hydroxylation is 4. The van der Waals surface area contributed by atoms with E-state index in [1.54, 1.807) is 6.92 Å². The number of nitrogens with one attached hydrogen (secondary N) is 2. The van der Waals surface area contributed by atoms with E-state index in [4.69, 9.17) is 0 Å². The van der Waals surface area contributed by atoms with E-state index in [0.717, 1.165) is 42.5 Å². The van der Waals surface area contributed by atoms with Crippen LogP contribution in [0.25, 0.3) is 0 Å². The van der Waals surface area contributed by atoms with Crippen LogP contribution in [0, 0.1) is 39.5 Å². The zero-order chi connectivity index (χ0) is 20.4. The fourth-order valence-corrected chi connectivity index (χ4v) is 4.80. The van der Waals surface area contributed by atoms with Crippen molar-refractivity contribution in [3.8, 4) is 0 Å². The van der Waals surface area contributed by atoms with Gasteiger partial charge in [0, 0.05) is 11.6 Å². The number of carbonyl (C=O) groups is 2. The van der Waals surface area contributed by atoms with Crippen LogP contribution in [-0.2, 0) is 4.79 Å². The van der Waals surface area contributed by atoms with E-state index >= 15 is 0 Å². The van der Waals surface area contributed by atoms with Gasteiger partial charge in [-0.2, -0.15) is 0 Å². The summed E-state index contributed by atoms with van der Waals surface area (Å²) in [6.07, 6.45) is 4.04. The summed E-state index contributed by atoms with van der Waals surface area (Å²) in [6.45, 7) is 10.1. The zero-order valence-electron chi connectivity index (χ0n) is 17.3. The van der Waals surface area contributed by atoms with E-state index in [0.29, 0.717) is 21.6 Å². The van der Waals surface area contributed by atoms with Crippen molar-refractivity contribution in [2.24, 2.45) is 11.8 Å². The molecule has 1 aliphatic rings. The number of hydrogen-bond donors (Lipinski definition) is 2. The topological polar surface area (TPSA) is 71.1 Å². The van der Waals surface area contributed by atoms with E-state index in [1.165, 1.54) is 16.9 Å². The van der Waals surface area contributed by atoms with Crippen LogP contribution in [0.1, 0.15) is 64.7 Å². The second-order valence-corrected chi connectivity index (χ2v) is 9.11. The summed E-state index contributed by atoms with van der Waals surface area (Å²) in [5.74, 6) is 0.598. The van der Waals surface area contributed by atoms with Crippen LogP contribution in [-0.4, -0.2) is 16.8 Å². The van der Waals surface area contributed by atoms with E-state index in [-0.39, 0.29) is 17.7 Å². The standard InChI is InChI=1S/C22H29N3O2S/c1-12-6-8-17(9-7-12)20(26)25-22-23-16(5)19(28-22)21(27)24-18-14(3)10-13(2)11-15(18)4/h10-12,17H,6-9H2,1-5H3,(H,24,27)(H,23,25,26). The van der Waals surface area contributed by atoms with Crippen molar-refractivity contribution in [3.05, 3.63) is 39.4 Å². The largest absolute Gasteiger partial charge is 0.321 e. The maximum absolute atomic E-state index is 12.8. The van der Waals surface area contributed by atoms with Crippen molar-refractivity contribution >= 4 is 34.0 Å². The molecule has 3 rings (SSSR count). The second kappa shape index (κ2) is 8.43. The van der Waals surface area contributed by atoms with Gasteiger partial charge in [-0.1, -0.05) is 36.0 Å². The molecule has 28 heavy (non-hydrogen) atoms. The average Bonchev–Trinajstić information content (AvgIpc) is 2.98. The van der Waals surface area contributed by atoms with Gasteiger partial charge in [-0.05, 0) is 70.4 Å². The predicted octanol–water partition coefficient (Wildman–Crippen LogP) is 5.39. The minimum absolute atomic E-state index is 0.0258. The quantitative estimate of drug-likeness (QED) is 0.724. The lowest BCUT2D eigenvalue weighted by Gasteiger charge is -2.24. The van der Waals surface area contributed by atoms with Gasteiger partial charge in [-0.15, -0.1) is 0 Å². The molecule has 5 nitrogen and oxygen atoms in total. The van der Waals surface area contributed by atoms with Crippen molar-refractivity contribution < 1.29 is 9.59 Å². The summed E-state index contributed by atoms with van der Waals surface area (Å²) >= 11 is 1.24. The third-order valence-electron chi connectivity index (χ3n) is 5.54. The third kappa shape index (κ3) is 4.61. The van der Waals surface area contributed by atoms with Gasteiger partial charge in [0.1, 0.15) is 4.88 Å². The SMILES string of the molecule is Cc1cc(C)c(NC(=O)c2sc(NC(=O)C3CCC(C)CC3)nc2C)c(C)c1. The molecule has 1 fully saturated rings. The summed E-state index contributed by atoms with van der Waals surface area (Å²) in [5.41, 5.74) is 4.72. The fourth-order valence-electron chi connectivity index (χ4n) is 3.94. The van der Waals surface area contributed by atoms with Gasteiger partial charge in [-0.25, -0.2) is 4.98 Å². The predicted molar refractivity (Wildman–Crippen MR) is 115 cm³/mol. The molecule has 2 N–H and O–H groups in total. The van der Waals surface area contributed by atoms with Crippen molar-refractivity contribution in [1.82, 2.24) is 4.98 Å². The molecule has 1 aliphatic carbocycles. The van der Waals surface area contributed by atoms with Crippen LogP contribution in [0.5, 0.6) is 0 Å². The van der Waals surface area contributed by atoms with Crippen LogP contribution in [0.15, 0.2) is 12.1 Å². The van der Waals surface area contributed by atoms with E-state index in [2.05, 4.69) is 34.7 Å². The molecular weight excluding hydrogens is 370 g/mol. The highest BCUT2D eigenvalue weighted by molar-refractivity contribution is 7.17. The van der Waals surface area contributed by atoms with E-state index in [9.17, 15) is 9.59 Å². The smallest absolute Gasteiger partial charge is 0.267 e. The maximum Gasteiger partial charge on any atom is 0.267 e. The molecule has 1 heterocycles. The van der Waals surface area contributed by atoms with Crippen molar-refractivity contribution in [3.63, 3.8) is 0 Å². The number of amides is 2. The minimum Gasteiger partial charge on any atom is -0.321 e. The second-order valence-electron chi connectivity index (χ2n) is 8.11. The monoisotopic (exact) mass is 399 g/mol. The number of rotatable bonds is 4. The normalized spacial score (nSPS) is 19.3. The Morgan fingerprint density at radius 2 is 1.61 bits per heavy atom. The van der Waals surface area contributed by atoms with Crippen LogP contribution in [0.3, 0.4) is 0 Å². The summed E-state index contributed by atoms with van der Waals surface area (Å²) in [6, 6.07) is 4.11. The van der Waals surface area contributed by atoms with E-state index in [1.807, 2.05) is 20.8 Å². The molecule has 0 unspecified atom stereocenters. The molecular formula is C22H29N3O2S. The average molecular weight is 400 g/mol. The number of aromatic nitrogens is 1. The van der Waals surface area contributed by atoms with Crippen molar-refractivity contribution in [2.75, 3.05) is 10.6 Å². The van der Waals surface area contributed by atoms with Crippen LogP contribution >= 0.6 is 11.3 Å². The van der Waals surface area contributed by atoms with Gasteiger partial charge >= 0.3 is 0 Å². The van der Waals surface area contributed by atoms with Gasteiger partial charge in [0.15, 0.2) is 5.13 Å². The zero-order valence-corrected chi connectivity index (χ0v) is 18.1. The lowest BCUT2D eigenvalue weighted by Crippen LogP contribution is -2.26. The Balaban J connectivity index is 1.70. The van der Waals surface area contributed by atoms with Gasteiger partial charge in [0.05, 0.1) is 5.69 Å². The number of thiazole rings is 1. The molecule has 1 saturated carbocycles. The number of hydrogen-bond acceptors (Lipinski definition) is 4. The summed E-state index contributed by atoms with van der Waals surface area (Å²) < 4.78 is 0. The molecule has 0 saturated heterocycles. The minimum atomic E-state index is -0.183. The van der Waals surface area contributed by atoms with E-state index < -0.39 is 0 Å². The Kier molecular flexibility index (Phi) is 6.18.